The number of esters is 2. The van der Waals surface area contributed by atoms with Gasteiger partial charge in [-0.05, 0) is 25.1 Å². The molecular formula is C18H19NO7. The van der Waals surface area contributed by atoms with Gasteiger partial charge in [0.05, 0.1) is 19.8 Å². The Balaban J connectivity index is 1.86. The smallest absolute Gasteiger partial charge is 0.341 e. The predicted octanol–water partition coefficient (Wildman–Crippen LogP) is 1.86. The number of rotatable bonds is 7. The monoisotopic (exact) mass is 361 g/mol. The molecule has 1 aromatic heterocycles. The Kier molecular flexibility index (Phi) is 6.37. The van der Waals surface area contributed by atoms with Crippen LogP contribution >= 0.6 is 0 Å². The van der Waals surface area contributed by atoms with Gasteiger partial charge in [0.15, 0.2) is 0 Å². The number of hydrogen-bond acceptors (Lipinski definition) is 7. The van der Waals surface area contributed by atoms with Crippen LogP contribution < -0.4 is 10.1 Å². The van der Waals surface area contributed by atoms with Gasteiger partial charge in [0.25, 0.3) is 5.91 Å². The fourth-order valence-corrected chi connectivity index (χ4v) is 2.21. The van der Waals surface area contributed by atoms with Gasteiger partial charge in [-0.2, -0.15) is 0 Å². The van der Waals surface area contributed by atoms with Crippen molar-refractivity contribution in [2.45, 2.75) is 13.5 Å². The molecule has 138 valence electrons. The van der Waals surface area contributed by atoms with Crippen LogP contribution in [0.4, 0.5) is 0 Å². The lowest BCUT2D eigenvalue weighted by Crippen LogP contribution is -2.30. The summed E-state index contributed by atoms with van der Waals surface area (Å²) < 4.78 is 20.1. The van der Waals surface area contributed by atoms with E-state index in [0.29, 0.717) is 22.8 Å². The van der Waals surface area contributed by atoms with E-state index >= 15 is 0 Å². The maximum atomic E-state index is 12.1. The van der Waals surface area contributed by atoms with Crippen molar-refractivity contribution in [3.8, 4) is 5.75 Å². The number of amides is 1. The van der Waals surface area contributed by atoms with Gasteiger partial charge in [-0.25, -0.2) is 4.79 Å². The Morgan fingerprint density at radius 1 is 1.12 bits per heavy atom. The van der Waals surface area contributed by atoms with Gasteiger partial charge < -0.3 is 23.9 Å². The SMILES string of the molecule is COC(=O)c1cc(COC(=O)CNC(=O)c2ccccc2OC)oc1C. The number of carbonyl (C=O) groups excluding carboxylic acids is 3. The molecule has 26 heavy (non-hydrogen) atoms. The predicted molar refractivity (Wildman–Crippen MR) is 89.9 cm³/mol. The van der Waals surface area contributed by atoms with Crippen molar-refractivity contribution < 1.29 is 33.0 Å². The Labute approximate surface area is 150 Å². The molecule has 0 aliphatic carbocycles. The molecule has 2 aromatic rings. The Morgan fingerprint density at radius 2 is 1.85 bits per heavy atom. The third kappa shape index (κ3) is 4.62. The van der Waals surface area contributed by atoms with Crippen LogP contribution in [0.15, 0.2) is 34.7 Å². The summed E-state index contributed by atoms with van der Waals surface area (Å²) >= 11 is 0. The molecule has 1 heterocycles. The number of aryl methyl sites for hydroxylation is 1. The zero-order valence-electron chi connectivity index (χ0n) is 14.7. The molecule has 0 saturated carbocycles. The molecule has 1 aromatic carbocycles. The lowest BCUT2D eigenvalue weighted by molar-refractivity contribution is -0.144. The molecule has 0 spiro atoms. The van der Waals surface area contributed by atoms with Crippen molar-refractivity contribution in [2.75, 3.05) is 20.8 Å². The minimum Gasteiger partial charge on any atom is -0.496 e. The minimum absolute atomic E-state index is 0.165. The van der Waals surface area contributed by atoms with Gasteiger partial charge in [-0.1, -0.05) is 12.1 Å². The summed E-state index contributed by atoms with van der Waals surface area (Å²) in [5.41, 5.74) is 0.579. The third-order valence-corrected chi connectivity index (χ3v) is 3.49. The Bertz CT molecular complexity index is 810. The lowest BCUT2D eigenvalue weighted by atomic mass is 10.2. The fourth-order valence-electron chi connectivity index (χ4n) is 2.21. The Morgan fingerprint density at radius 3 is 2.54 bits per heavy atom. The number of benzene rings is 1. The van der Waals surface area contributed by atoms with Crippen LogP contribution in [0.5, 0.6) is 5.75 Å². The van der Waals surface area contributed by atoms with Crippen molar-refractivity contribution in [2.24, 2.45) is 0 Å². The zero-order valence-corrected chi connectivity index (χ0v) is 14.7. The average molecular weight is 361 g/mol. The van der Waals surface area contributed by atoms with Crippen LogP contribution in [-0.2, 0) is 20.9 Å². The lowest BCUT2D eigenvalue weighted by Gasteiger charge is -2.08. The van der Waals surface area contributed by atoms with E-state index in [4.69, 9.17) is 13.9 Å². The van der Waals surface area contributed by atoms with Gasteiger partial charge in [0.1, 0.15) is 36.0 Å². The van der Waals surface area contributed by atoms with Gasteiger partial charge >= 0.3 is 11.9 Å². The molecule has 1 N–H and O–H groups in total. The summed E-state index contributed by atoms with van der Waals surface area (Å²) in [7, 11) is 2.72. The first-order valence-corrected chi connectivity index (χ1v) is 7.70. The molecule has 0 aliphatic heterocycles. The van der Waals surface area contributed by atoms with Crippen molar-refractivity contribution in [1.82, 2.24) is 5.32 Å². The number of carbonyl (C=O) groups is 3. The summed E-state index contributed by atoms with van der Waals surface area (Å²) in [6.07, 6.45) is 0. The quantitative estimate of drug-likeness (QED) is 0.751. The summed E-state index contributed by atoms with van der Waals surface area (Å²) in [4.78, 5) is 35.4. The second-order valence-electron chi connectivity index (χ2n) is 5.22. The summed E-state index contributed by atoms with van der Waals surface area (Å²) in [5.74, 6) is -0.574. The zero-order chi connectivity index (χ0) is 19.1. The van der Waals surface area contributed by atoms with Gasteiger partial charge in [0.2, 0.25) is 0 Å². The Hall–Kier alpha value is -3.29. The number of ether oxygens (including phenoxy) is 3. The average Bonchev–Trinajstić information content (AvgIpc) is 3.04. The van der Waals surface area contributed by atoms with E-state index in [-0.39, 0.29) is 18.7 Å². The summed E-state index contributed by atoms with van der Waals surface area (Å²) in [6.45, 7) is 1.12. The van der Waals surface area contributed by atoms with E-state index < -0.39 is 17.8 Å². The molecule has 0 unspecified atom stereocenters. The van der Waals surface area contributed by atoms with E-state index in [0.717, 1.165) is 0 Å². The van der Waals surface area contributed by atoms with Crippen LogP contribution in [0.1, 0.15) is 32.2 Å². The number of nitrogens with one attached hydrogen (secondary N) is 1. The summed E-state index contributed by atoms with van der Waals surface area (Å²) in [5, 5.41) is 2.46. The number of hydrogen-bond donors (Lipinski definition) is 1. The molecule has 8 nitrogen and oxygen atoms in total. The molecule has 0 bridgehead atoms. The first-order valence-electron chi connectivity index (χ1n) is 7.70. The van der Waals surface area contributed by atoms with Crippen molar-refractivity contribution in [1.29, 1.82) is 0 Å². The minimum atomic E-state index is -0.651. The first kappa shape index (κ1) is 19.0. The van der Waals surface area contributed by atoms with Crippen molar-refractivity contribution >= 4 is 17.8 Å². The van der Waals surface area contributed by atoms with Crippen LogP contribution in [-0.4, -0.2) is 38.6 Å². The molecule has 8 heteroatoms. The first-order chi connectivity index (χ1) is 12.5. The van der Waals surface area contributed by atoms with Crippen LogP contribution in [0.25, 0.3) is 0 Å². The largest absolute Gasteiger partial charge is 0.496 e. The highest BCUT2D eigenvalue weighted by Gasteiger charge is 2.17. The molecular weight excluding hydrogens is 342 g/mol. The maximum absolute atomic E-state index is 12.1. The third-order valence-electron chi connectivity index (χ3n) is 3.49. The van der Waals surface area contributed by atoms with Crippen molar-refractivity contribution in [3.63, 3.8) is 0 Å². The summed E-state index contributed by atoms with van der Waals surface area (Å²) in [6, 6.07) is 8.10. The molecule has 0 fully saturated rings. The number of furan rings is 1. The number of para-hydroxylation sites is 1. The van der Waals surface area contributed by atoms with Crippen molar-refractivity contribution in [3.05, 3.63) is 53.0 Å². The highest BCUT2D eigenvalue weighted by molar-refractivity contribution is 5.98. The molecule has 0 atom stereocenters. The van der Waals surface area contributed by atoms with Crippen LogP contribution in [0, 0.1) is 6.92 Å². The van der Waals surface area contributed by atoms with Gasteiger partial charge in [-0.3, -0.25) is 9.59 Å². The normalized spacial score (nSPS) is 10.1. The topological polar surface area (TPSA) is 104 Å². The van der Waals surface area contributed by atoms with Crippen LogP contribution in [0.3, 0.4) is 0 Å². The van der Waals surface area contributed by atoms with Gasteiger partial charge in [-0.15, -0.1) is 0 Å². The van der Waals surface area contributed by atoms with Crippen LogP contribution in [0.2, 0.25) is 0 Å². The molecule has 0 saturated heterocycles. The van der Waals surface area contributed by atoms with E-state index in [1.165, 1.54) is 20.3 Å². The second-order valence-corrected chi connectivity index (χ2v) is 5.22. The van der Waals surface area contributed by atoms with Gasteiger partial charge in [0, 0.05) is 0 Å². The van der Waals surface area contributed by atoms with E-state index in [9.17, 15) is 14.4 Å². The highest BCUT2D eigenvalue weighted by atomic mass is 16.5. The second kappa shape index (κ2) is 8.70. The molecule has 1 amide bonds. The van der Waals surface area contributed by atoms with E-state index in [1.807, 2.05) is 0 Å². The molecule has 0 aliphatic rings. The maximum Gasteiger partial charge on any atom is 0.341 e. The standard InChI is InChI=1S/C18H19NO7/c1-11-14(18(22)24-3)8-12(26-11)10-25-16(20)9-19-17(21)13-6-4-5-7-15(13)23-2/h4-8H,9-10H2,1-3H3,(H,19,21). The van der Waals surface area contributed by atoms with E-state index in [2.05, 4.69) is 10.1 Å². The molecule has 0 radical (unpaired) electrons. The number of methoxy groups -OCH3 is 2. The molecule has 2 rings (SSSR count). The highest BCUT2D eigenvalue weighted by Crippen LogP contribution is 2.17. The van der Waals surface area contributed by atoms with E-state index in [1.54, 1.807) is 31.2 Å². The fraction of sp³-hybridized carbons (Fsp3) is 0.278.